The molecule has 0 radical (unpaired) electrons. The fourth-order valence-corrected chi connectivity index (χ4v) is 1.47. The Labute approximate surface area is 129 Å². The zero-order valence-electron chi connectivity index (χ0n) is 12.8. The molecule has 1 rings (SSSR count). The van der Waals surface area contributed by atoms with E-state index in [-0.39, 0.29) is 0 Å². The van der Waals surface area contributed by atoms with Crippen LogP contribution in [0, 0.1) is 0 Å². The van der Waals surface area contributed by atoms with Crippen LogP contribution in [0.15, 0.2) is 24.3 Å². The van der Waals surface area contributed by atoms with Crippen molar-refractivity contribution in [3.05, 3.63) is 29.8 Å². The maximum Gasteiger partial charge on any atom is 0.338 e. The van der Waals surface area contributed by atoms with Crippen molar-refractivity contribution in [1.29, 1.82) is 0 Å². The van der Waals surface area contributed by atoms with Crippen LogP contribution in [0.2, 0.25) is 0 Å². The van der Waals surface area contributed by atoms with E-state index in [1.807, 2.05) is 12.2 Å². The predicted octanol–water partition coefficient (Wildman–Crippen LogP) is 1.48. The van der Waals surface area contributed by atoms with E-state index in [2.05, 4.69) is 5.32 Å². The fourth-order valence-electron chi connectivity index (χ4n) is 1.47. The molecule has 0 aromatic heterocycles. The third-order valence-corrected chi connectivity index (χ3v) is 2.68. The van der Waals surface area contributed by atoms with Crippen LogP contribution in [0.5, 0.6) is 5.75 Å². The van der Waals surface area contributed by atoms with E-state index in [9.17, 15) is 14.4 Å². The maximum atomic E-state index is 11.9. The third kappa shape index (κ3) is 5.43. The van der Waals surface area contributed by atoms with Crippen molar-refractivity contribution in [2.75, 3.05) is 13.7 Å². The summed E-state index contributed by atoms with van der Waals surface area (Å²) in [5.74, 6) is -0.694. The van der Waals surface area contributed by atoms with Gasteiger partial charge in [0.15, 0.2) is 6.10 Å². The second-order valence-corrected chi connectivity index (χ2v) is 4.49. The van der Waals surface area contributed by atoms with Gasteiger partial charge in [0.05, 0.1) is 12.2 Å². The van der Waals surface area contributed by atoms with Gasteiger partial charge in [-0.25, -0.2) is 9.59 Å². The first-order valence-electron chi connectivity index (χ1n) is 6.94. The summed E-state index contributed by atoms with van der Waals surface area (Å²) in [5.41, 5.74) is 0.295. The molecule has 120 valence electrons. The molecule has 0 aliphatic carbocycles. The molecule has 0 fully saturated rings. The van der Waals surface area contributed by atoms with E-state index in [1.165, 1.54) is 14.0 Å². The number of ether oxygens (including phenoxy) is 2. The minimum Gasteiger partial charge on any atom is -0.494 e. The number of benzene rings is 1. The summed E-state index contributed by atoms with van der Waals surface area (Å²) >= 11 is 0. The fraction of sp³-hybridized carbons (Fsp3) is 0.400. The monoisotopic (exact) mass is 308 g/mol. The quantitative estimate of drug-likeness (QED) is 0.776. The summed E-state index contributed by atoms with van der Waals surface area (Å²) in [6, 6.07) is 5.75. The second kappa shape index (κ2) is 8.66. The molecule has 22 heavy (non-hydrogen) atoms. The summed E-state index contributed by atoms with van der Waals surface area (Å²) in [6.07, 6.45) is -0.192. The average molecular weight is 308 g/mol. The highest BCUT2D eigenvalue weighted by atomic mass is 16.5. The van der Waals surface area contributed by atoms with E-state index in [0.717, 1.165) is 6.42 Å². The van der Waals surface area contributed by atoms with Crippen molar-refractivity contribution in [2.24, 2.45) is 0 Å². The lowest BCUT2D eigenvalue weighted by Crippen LogP contribution is -2.43. The predicted molar refractivity (Wildman–Crippen MR) is 79.7 cm³/mol. The molecule has 2 N–H and O–H groups in total. The summed E-state index contributed by atoms with van der Waals surface area (Å²) in [6.45, 7) is 3.98. The molecule has 0 aliphatic heterocycles. The Balaban J connectivity index is 2.57. The standard InChI is InChI=1S/C15H20N2O5/c1-4-9-21-12-7-5-11(6-8-12)14(19)22-10(2)13(18)17-15(20)16-3/h5-8,10H,4,9H2,1-3H3,(H2,16,17,18,20)/t10-/m0/s1. The van der Waals surface area contributed by atoms with Gasteiger partial charge in [-0.1, -0.05) is 6.92 Å². The molecular formula is C15H20N2O5. The van der Waals surface area contributed by atoms with E-state index >= 15 is 0 Å². The molecule has 0 spiro atoms. The number of imide groups is 1. The van der Waals surface area contributed by atoms with Crippen LogP contribution in [-0.2, 0) is 9.53 Å². The molecule has 0 saturated heterocycles. The third-order valence-electron chi connectivity index (χ3n) is 2.68. The van der Waals surface area contributed by atoms with Crippen LogP contribution in [0.3, 0.4) is 0 Å². The van der Waals surface area contributed by atoms with Crippen molar-refractivity contribution in [1.82, 2.24) is 10.6 Å². The number of rotatable bonds is 6. The smallest absolute Gasteiger partial charge is 0.338 e. The number of hydrogen-bond donors (Lipinski definition) is 2. The summed E-state index contributed by atoms with van der Waals surface area (Å²) in [7, 11) is 1.38. The van der Waals surface area contributed by atoms with Crippen molar-refractivity contribution < 1.29 is 23.9 Å². The zero-order valence-corrected chi connectivity index (χ0v) is 12.8. The molecule has 0 aliphatic rings. The van der Waals surface area contributed by atoms with E-state index in [0.29, 0.717) is 17.9 Å². The molecule has 0 bridgehead atoms. The molecule has 0 unspecified atom stereocenters. The van der Waals surface area contributed by atoms with Crippen LogP contribution >= 0.6 is 0 Å². The Hall–Kier alpha value is -2.57. The minimum atomic E-state index is -1.08. The number of carbonyl (C=O) groups excluding carboxylic acids is 3. The van der Waals surface area contributed by atoms with Crippen molar-refractivity contribution in [3.63, 3.8) is 0 Å². The van der Waals surface area contributed by atoms with Gasteiger partial charge in [-0.05, 0) is 37.6 Å². The van der Waals surface area contributed by atoms with Crippen molar-refractivity contribution >= 4 is 17.9 Å². The Kier molecular flexibility index (Phi) is 6.88. The van der Waals surface area contributed by atoms with Gasteiger partial charge in [0.1, 0.15) is 5.75 Å². The van der Waals surface area contributed by atoms with E-state index in [4.69, 9.17) is 9.47 Å². The molecule has 1 aromatic rings. The number of nitrogens with one attached hydrogen (secondary N) is 2. The van der Waals surface area contributed by atoms with Gasteiger partial charge >= 0.3 is 12.0 Å². The number of hydrogen-bond acceptors (Lipinski definition) is 5. The van der Waals surface area contributed by atoms with Gasteiger partial charge in [-0.15, -0.1) is 0 Å². The SMILES string of the molecule is CCCOc1ccc(C(=O)O[C@@H](C)C(=O)NC(=O)NC)cc1. The first kappa shape index (κ1) is 17.5. The Bertz CT molecular complexity index is 527. The summed E-state index contributed by atoms with van der Waals surface area (Å²) in [4.78, 5) is 34.5. The van der Waals surface area contributed by atoms with Gasteiger partial charge in [0.25, 0.3) is 5.91 Å². The molecule has 7 nitrogen and oxygen atoms in total. The molecule has 3 amide bonds. The Morgan fingerprint density at radius 1 is 1.18 bits per heavy atom. The Morgan fingerprint density at radius 3 is 2.36 bits per heavy atom. The number of urea groups is 1. The molecular weight excluding hydrogens is 288 g/mol. The van der Waals surface area contributed by atoms with Gasteiger partial charge in [0, 0.05) is 7.05 Å². The van der Waals surface area contributed by atoms with Gasteiger partial charge in [0.2, 0.25) is 0 Å². The first-order chi connectivity index (χ1) is 10.5. The maximum absolute atomic E-state index is 11.9. The van der Waals surface area contributed by atoms with Crippen LogP contribution in [0.25, 0.3) is 0 Å². The van der Waals surface area contributed by atoms with Crippen LogP contribution in [0.1, 0.15) is 30.6 Å². The zero-order chi connectivity index (χ0) is 16.5. The van der Waals surface area contributed by atoms with E-state index in [1.54, 1.807) is 24.3 Å². The molecule has 0 saturated carbocycles. The number of esters is 1. The average Bonchev–Trinajstić information content (AvgIpc) is 2.52. The molecule has 7 heteroatoms. The van der Waals surface area contributed by atoms with Gasteiger partial charge in [-0.2, -0.15) is 0 Å². The summed E-state index contributed by atoms with van der Waals surface area (Å²) in [5, 5.41) is 4.27. The highest BCUT2D eigenvalue weighted by molar-refractivity contribution is 5.98. The highest BCUT2D eigenvalue weighted by Gasteiger charge is 2.20. The lowest BCUT2D eigenvalue weighted by atomic mass is 10.2. The van der Waals surface area contributed by atoms with Crippen molar-refractivity contribution in [3.8, 4) is 5.75 Å². The second-order valence-electron chi connectivity index (χ2n) is 4.49. The lowest BCUT2D eigenvalue weighted by molar-refractivity contribution is -0.127. The number of amides is 3. The van der Waals surface area contributed by atoms with E-state index < -0.39 is 24.0 Å². The van der Waals surface area contributed by atoms with Crippen molar-refractivity contribution in [2.45, 2.75) is 26.4 Å². The van der Waals surface area contributed by atoms with Crippen LogP contribution in [0.4, 0.5) is 4.79 Å². The van der Waals surface area contributed by atoms with Gasteiger partial charge < -0.3 is 14.8 Å². The van der Waals surface area contributed by atoms with Gasteiger partial charge in [-0.3, -0.25) is 10.1 Å². The lowest BCUT2D eigenvalue weighted by Gasteiger charge is -2.13. The molecule has 1 atom stereocenters. The molecule has 0 heterocycles. The van der Waals surface area contributed by atoms with Crippen LogP contribution < -0.4 is 15.4 Å². The summed E-state index contributed by atoms with van der Waals surface area (Å²) < 4.78 is 10.4. The Morgan fingerprint density at radius 2 is 1.82 bits per heavy atom. The minimum absolute atomic E-state index is 0.295. The normalized spacial score (nSPS) is 11.2. The first-order valence-corrected chi connectivity index (χ1v) is 6.94. The molecule has 1 aromatic carbocycles. The topological polar surface area (TPSA) is 93.7 Å². The largest absolute Gasteiger partial charge is 0.494 e. The highest BCUT2D eigenvalue weighted by Crippen LogP contribution is 2.13. The number of carbonyl (C=O) groups is 3. The van der Waals surface area contributed by atoms with Crippen LogP contribution in [-0.4, -0.2) is 37.7 Å².